The number of hydrogen-bond acceptors (Lipinski definition) is 6. The van der Waals surface area contributed by atoms with Gasteiger partial charge in [0.1, 0.15) is 11.5 Å². The van der Waals surface area contributed by atoms with Gasteiger partial charge in [-0.3, -0.25) is 0 Å². The van der Waals surface area contributed by atoms with E-state index in [1.807, 2.05) is 49.4 Å². The van der Waals surface area contributed by atoms with Gasteiger partial charge in [0.05, 0.1) is 25.0 Å². The number of hydrogen-bond donors (Lipinski definition) is 0. The van der Waals surface area contributed by atoms with E-state index in [9.17, 15) is 4.79 Å². The molecule has 4 rings (SSSR count). The van der Waals surface area contributed by atoms with Crippen LogP contribution in [0.4, 0.5) is 0 Å². The Morgan fingerprint density at radius 3 is 2.38 bits per heavy atom. The summed E-state index contributed by atoms with van der Waals surface area (Å²) in [6, 6.07) is 18.6. The number of carbonyl (C=O) groups is 1. The molecule has 3 aromatic rings. The molecule has 0 radical (unpaired) electrons. The molecule has 6 nitrogen and oxygen atoms in total. The maximum Gasteiger partial charge on any atom is 0.337 e. The molecule has 1 aliphatic carbocycles. The van der Waals surface area contributed by atoms with E-state index >= 15 is 0 Å². The normalized spacial score (nSPS) is 15.5. The van der Waals surface area contributed by atoms with Gasteiger partial charge < -0.3 is 18.6 Å². The minimum atomic E-state index is -1.01. The third-order valence-corrected chi connectivity index (χ3v) is 6.76. The summed E-state index contributed by atoms with van der Waals surface area (Å²) < 4.78 is 23.5. The molecule has 0 saturated carbocycles. The molecule has 0 saturated heterocycles. The van der Waals surface area contributed by atoms with E-state index in [0.29, 0.717) is 31.9 Å². The Labute approximate surface area is 231 Å². The number of rotatable bonds is 12. The Bertz CT molecular complexity index is 1300. The highest BCUT2D eigenvalue weighted by Gasteiger charge is 2.35. The number of carbonyl (C=O) groups excluding carboxylic acids is 1. The summed E-state index contributed by atoms with van der Waals surface area (Å²) in [5, 5.41) is 0. The second-order valence-electron chi connectivity index (χ2n) is 10.2. The standard InChI is InChI=1S/C33H39NO5/c1-6-11-27-22-28(18-19-30(27)39-33(4,5)32(35)36-7-2)37-21-20-29-23(3)38-31(34-29)26-16-14-25(15-17-26)24-12-9-8-10-13-24/h8-10,12-18,22,30H,6-7,11,19-21H2,1-5H3. The lowest BCUT2D eigenvalue weighted by molar-refractivity contribution is -0.172. The van der Waals surface area contributed by atoms with Gasteiger partial charge in [-0.2, -0.15) is 0 Å². The average molecular weight is 530 g/mol. The van der Waals surface area contributed by atoms with E-state index in [-0.39, 0.29) is 12.1 Å². The average Bonchev–Trinajstić information content (AvgIpc) is 3.31. The Morgan fingerprint density at radius 1 is 1.00 bits per heavy atom. The zero-order chi connectivity index (χ0) is 27.8. The molecule has 1 heterocycles. The summed E-state index contributed by atoms with van der Waals surface area (Å²) in [4.78, 5) is 17.1. The van der Waals surface area contributed by atoms with E-state index < -0.39 is 5.60 Å². The third kappa shape index (κ3) is 7.27. The number of ether oxygens (including phenoxy) is 3. The van der Waals surface area contributed by atoms with Crippen molar-refractivity contribution < 1.29 is 23.4 Å². The van der Waals surface area contributed by atoms with Crippen molar-refractivity contribution in [2.75, 3.05) is 13.2 Å². The molecule has 206 valence electrons. The van der Waals surface area contributed by atoms with Gasteiger partial charge in [-0.1, -0.05) is 55.8 Å². The highest BCUT2D eigenvalue weighted by molar-refractivity contribution is 5.78. The fraction of sp³-hybridized carbons (Fsp3) is 0.394. The molecule has 0 bridgehead atoms. The van der Waals surface area contributed by atoms with E-state index in [1.54, 1.807) is 20.8 Å². The van der Waals surface area contributed by atoms with Crippen LogP contribution in [0.2, 0.25) is 0 Å². The van der Waals surface area contributed by atoms with E-state index in [1.165, 1.54) is 5.56 Å². The molecule has 39 heavy (non-hydrogen) atoms. The number of aromatic nitrogens is 1. The molecule has 6 heteroatoms. The van der Waals surface area contributed by atoms with Crippen LogP contribution >= 0.6 is 0 Å². The first-order chi connectivity index (χ1) is 18.8. The van der Waals surface area contributed by atoms with E-state index in [4.69, 9.17) is 23.6 Å². The summed E-state index contributed by atoms with van der Waals surface area (Å²) in [5.74, 6) is 1.90. The van der Waals surface area contributed by atoms with Gasteiger partial charge in [0, 0.05) is 12.0 Å². The number of benzene rings is 2. The van der Waals surface area contributed by atoms with Crippen molar-refractivity contribution in [2.45, 2.75) is 72.0 Å². The molecule has 0 N–H and O–H groups in total. The highest BCUT2D eigenvalue weighted by atomic mass is 16.6. The van der Waals surface area contributed by atoms with Crippen LogP contribution in [-0.4, -0.2) is 35.9 Å². The maximum atomic E-state index is 12.3. The first kappa shape index (κ1) is 28.4. The molecule has 1 aliphatic rings. The molecular weight excluding hydrogens is 490 g/mol. The number of nitrogens with zero attached hydrogens (tertiary/aromatic N) is 1. The quantitative estimate of drug-likeness (QED) is 0.225. The molecule has 1 unspecified atom stereocenters. The largest absolute Gasteiger partial charge is 0.494 e. The molecular formula is C33H39NO5. The van der Waals surface area contributed by atoms with Crippen LogP contribution in [0.15, 0.2) is 82.5 Å². The lowest BCUT2D eigenvalue weighted by Gasteiger charge is -2.32. The second-order valence-corrected chi connectivity index (χ2v) is 10.2. The molecule has 2 aromatic carbocycles. The van der Waals surface area contributed by atoms with Crippen LogP contribution in [0.3, 0.4) is 0 Å². The van der Waals surface area contributed by atoms with Gasteiger partial charge in [0.15, 0.2) is 5.60 Å². The second kappa shape index (κ2) is 12.9. The summed E-state index contributed by atoms with van der Waals surface area (Å²) in [5.41, 5.74) is 4.30. The SMILES string of the molecule is CCCC1=CC(OCCc2nc(-c3ccc(-c4ccccc4)cc3)oc2C)=CCC1OC(C)(C)C(=O)OCC. The number of esters is 1. The first-order valence-corrected chi connectivity index (χ1v) is 13.8. The zero-order valence-corrected chi connectivity index (χ0v) is 23.7. The summed E-state index contributed by atoms with van der Waals surface area (Å²) in [7, 11) is 0. The lowest BCUT2D eigenvalue weighted by atomic mass is 9.95. The van der Waals surface area contributed by atoms with Crippen molar-refractivity contribution in [1.82, 2.24) is 4.98 Å². The number of aryl methyl sites for hydroxylation is 1. The smallest absolute Gasteiger partial charge is 0.337 e. The molecule has 1 atom stereocenters. The molecule has 0 aliphatic heterocycles. The minimum absolute atomic E-state index is 0.176. The first-order valence-electron chi connectivity index (χ1n) is 13.8. The molecule has 0 spiro atoms. The molecule has 1 aromatic heterocycles. The molecule has 0 fully saturated rings. The summed E-state index contributed by atoms with van der Waals surface area (Å²) in [6.45, 7) is 10.2. The Balaban J connectivity index is 1.35. The van der Waals surface area contributed by atoms with Gasteiger partial charge >= 0.3 is 5.97 Å². The highest BCUT2D eigenvalue weighted by Crippen LogP contribution is 2.30. The Kier molecular flexibility index (Phi) is 9.41. The summed E-state index contributed by atoms with van der Waals surface area (Å²) >= 11 is 0. The maximum absolute atomic E-state index is 12.3. The van der Waals surface area contributed by atoms with Crippen LogP contribution in [0.25, 0.3) is 22.6 Å². The van der Waals surface area contributed by atoms with Crippen molar-refractivity contribution in [3.05, 3.63) is 89.5 Å². The number of allylic oxidation sites excluding steroid dienone is 1. The van der Waals surface area contributed by atoms with Crippen molar-refractivity contribution in [3.63, 3.8) is 0 Å². The predicted molar refractivity (Wildman–Crippen MR) is 153 cm³/mol. The zero-order valence-electron chi connectivity index (χ0n) is 23.7. The van der Waals surface area contributed by atoms with Crippen LogP contribution in [-0.2, 0) is 25.4 Å². The van der Waals surface area contributed by atoms with Gasteiger partial charge in [0.2, 0.25) is 5.89 Å². The fourth-order valence-corrected chi connectivity index (χ4v) is 4.65. The van der Waals surface area contributed by atoms with Crippen molar-refractivity contribution in [2.24, 2.45) is 0 Å². The van der Waals surface area contributed by atoms with E-state index in [0.717, 1.165) is 46.8 Å². The van der Waals surface area contributed by atoms with Gasteiger partial charge in [-0.25, -0.2) is 9.78 Å². The van der Waals surface area contributed by atoms with Crippen LogP contribution in [0.1, 0.15) is 58.4 Å². The Morgan fingerprint density at radius 2 is 1.69 bits per heavy atom. The van der Waals surface area contributed by atoms with Crippen LogP contribution in [0.5, 0.6) is 0 Å². The van der Waals surface area contributed by atoms with Crippen molar-refractivity contribution >= 4 is 5.97 Å². The predicted octanol–water partition coefficient (Wildman–Crippen LogP) is 7.62. The minimum Gasteiger partial charge on any atom is -0.494 e. The monoisotopic (exact) mass is 529 g/mol. The van der Waals surface area contributed by atoms with Gasteiger partial charge in [0.25, 0.3) is 0 Å². The summed E-state index contributed by atoms with van der Waals surface area (Å²) in [6.07, 6.45) is 7.04. The fourth-order valence-electron chi connectivity index (χ4n) is 4.65. The van der Waals surface area contributed by atoms with Crippen molar-refractivity contribution in [3.8, 4) is 22.6 Å². The van der Waals surface area contributed by atoms with E-state index in [2.05, 4.69) is 31.2 Å². The lowest BCUT2D eigenvalue weighted by Crippen LogP contribution is -2.41. The van der Waals surface area contributed by atoms with Crippen LogP contribution < -0.4 is 0 Å². The number of oxazole rings is 1. The Hall–Kier alpha value is -3.64. The molecule has 0 amide bonds. The third-order valence-electron chi connectivity index (χ3n) is 6.76. The van der Waals surface area contributed by atoms with Gasteiger partial charge in [-0.15, -0.1) is 0 Å². The van der Waals surface area contributed by atoms with Crippen molar-refractivity contribution in [1.29, 1.82) is 0 Å². The van der Waals surface area contributed by atoms with Crippen LogP contribution in [0, 0.1) is 6.92 Å². The van der Waals surface area contributed by atoms with Gasteiger partial charge in [-0.05, 0) is 81.5 Å². The topological polar surface area (TPSA) is 70.8 Å².